The molecule has 0 saturated heterocycles. The molecular formula is C17H13ClS. The van der Waals surface area contributed by atoms with Crippen LogP contribution in [0.25, 0.3) is 0 Å². The van der Waals surface area contributed by atoms with Crippen molar-refractivity contribution in [1.82, 2.24) is 0 Å². The van der Waals surface area contributed by atoms with Crippen LogP contribution in [-0.4, -0.2) is 0 Å². The Bertz CT molecular complexity index is 627. The van der Waals surface area contributed by atoms with Gasteiger partial charge < -0.3 is 0 Å². The van der Waals surface area contributed by atoms with Gasteiger partial charge >= 0.3 is 0 Å². The molecule has 1 unspecified atom stereocenters. The Labute approximate surface area is 122 Å². The van der Waals surface area contributed by atoms with Crippen molar-refractivity contribution in [1.29, 1.82) is 0 Å². The molecule has 0 saturated carbocycles. The number of benzene rings is 2. The highest BCUT2D eigenvalue weighted by molar-refractivity contribution is 7.10. The minimum absolute atomic E-state index is 0.290. The van der Waals surface area contributed by atoms with Gasteiger partial charge in [0.05, 0.1) is 0 Å². The Balaban J connectivity index is 2.10. The Morgan fingerprint density at radius 1 is 0.737 bits per heavy atom. The van der Waals surface area contributed by atoms with Gasteiger partial charge in [0.25, 0.3) is 0 Å². The average Bonchev–Trinajstić information content (AvgIpc) is 2.96. The molecule has 1 heterocycles. The molecule has 94 valence electrons. The number of halogens is 1. The molecule has 2 aromatic carbocycles. The lowest BCUT2D eigenvalue weighted by molar-refractivity contribution is 1.01. The van der Waals surface area contributed by atoms with Crippen molar-refractivity contribution in [3.8, 4) is 0 Å². The average molecular weight is 285 g/mol. The predicted molar refractivity (Wildman–Crippen MR) is 83.2 cm³/mol. The van der Waals surface area contributed by atoms with Crippen molar-refractivity contribution in [2.24, 2.45) is 0 Å². The number of rotatable bonds is 3. The molecule has 0 spiro atoms. The second-order valence-corrected chi connectivity index (χ2v) is 5.83. The Morgan fingerprint density at radius 3 is 2.05 bits per heavy atom. The highest BCUT2D eigenvalue weighted by Gasteiger charge is 2.17. The lowest BCUT2D eigenvalue weighted by Gasteiger charge is -2.16. The second kappa shape index (κ2) is 5.60. The van der Waals surface area contributed by atoms with Crippen LogP contribution in [-0.2, 0) is 0 Å². The van der Waals surface area contributed by atoms with Gasteiger partial charge in [-0.1, -0.05) is 60.1 Å². The van der Waals surface area contributed by atoms with Gasteiger partial charge in [-0.2, -0.15) is 0 Å². The minimum atomic E-state index is 0.290. The van der Waals surface area contributed by atoms with Crippen LogP contribution in [0.2, 0.25) is 5.02 Å². The maximum absolute atomic E-state index is 5.99. The van der Waals surface area contributed by atoms with Crippen molar-refractivity contribution >= 4 is 22.9 Å². The molecule has 0 fully saturated rings. The first kappa shape index (κ1) is 12.5. The summed E-state index contributed by atoms with van der Waals surface area (Å²) in [5, 5.41) is 2.91. The molecule has 2 heteroatoms. The summed E-state index contributed by atoms with van der Waals surface area (Å²) >= 11 is 7.78. The summed E-state index contributed by atoms with van der Waals surface area (Å²) in [4.78, 5) is 1.36. The summed E-state index contributed by atoms with van der Waals surface area (Å²) in [5.74, 6) is 0.290. The zero-order chi connectivity index (χ0) is 13.1. The molecule has 0 bridgehead atoms. The van der Waals surface area contributed by atoms with Crippen LogP contribution in [0.1, 0.15) is 21.9 Å². The highest BCUT2D eigenvalue weighted by atomic mass is 35.5. The van der Waals surface area contributed by atoms with Crippen molar-refractivity contribution in [2.45, 2.75) is 5.92 Å². The summed E-state index contributed by atoms with van der Waals surface area (Å²) in [6, 6.07) is 23.0. The molecule has 0 aliphatic heterocycles. The van der Waals surface area contributed by atoms with E-state index in [1.165, 1.54) is 16.0 Å². The van der Waals surface area contributed by atoms with Gasteiger partial charge in [-0.25, -0.2) is 0 Å². The van der Waals surface area contributed by atoms with Gasteiger partial charge in [0, 0.05) is 15.8 Å². The van der Waals surface area contributed by atoms with E-state index in [9.17, 15) is 0 Å². The van der Waals surface area contributed by atoms with E-state index in [2.05, 4.69) is 60.0 Å². The normalized spacial score (nSPS) is 12.3. The molecule has 3 aromatic rings. The molecule has 0 amide bonds. The van der Waals surface area contributed by atoms with Gasteiger partial charge in [0.2, 0.25) is 0 Å². The van der Waals surface area contributed by atoms with Crippen LogP contribution in [0.3, 0.4) is 0 Å². The lowest BCUT2D eigenvalue weighted by Crippen LogP contribution is -2.00. The molecule has 1 atom stereocenters. The fraction of sp³-hybridized carbons (Fsp3) is 0.0588. The van der Waals surface area contributed by atoms with Crippen LogP contribution < -0.4 is 0 Å². The molecule has 0 aliphatic rings. The Hall–Kier alpha value is -1.57. The molecular weight excluding hydrogens is 272 g/mol. The monoisotopic (exact) mass is 284 g/mol. The summed E-state index contributed by atoms with van der Waals surface area (Å²) in [6.07, 6.45) is 0. The minimum Gasteiger partial charge on any atom is -0.148 e. The summed E-state index contributed by atoms with van der Waals surface area (Å²) in [6.45, 7) is 0. The van der Waals surface area contributed by atoms with Crippen molar-refractivity contribution in [2.75, 3.05) is 0 Å². The first-order valence-electron chi connectivity index (χ1n) is 6.18. The molecule has 3 rings (SSSR count). The molecule has 0 aliphatic carbocycles. The predicted octanol–water partition coefficient (Wildman–Crippen LogP) is 5.58. The zero-order valence-electron chi connectivity index (χ0n) is 10.3. The first-order chi connectivity index (χ1) is 9.34. The summed E-state index contributed by atoms with van der Waals surface area (Å²) < 4.78 is 0. The fourth-order valence-electron chi connectivity index (χ4n) is 2.28. The van der Waals surface area contributed by atoms with Crippen LogP contribution in [0.15, 0.2) is 72.1 Å². The van der Waals surface area contributed by atoms with E-state index in [0.717, 1.165) is 5.02 Å². The third kappa shape index (κ3) is 2.73. The quantitative estimate of drug-likeness (QED) is 0.589. The van der Waals surface area contributed by atoms with Crippen LogP contribution in [0, 0.1) is 0 Å². The highest BCUT2D eigenvalue weighted by Crippen LogP contribution is 2.34. The fourth-order valence-corrected chi connectivity index (χ4v) is 3.28. The van der Waals surface area contributed by atoms with E-state index in [0.29, 0.717) is 5.92 Å². The van der Waals surface area contributed by atoms with Crippen LogP contribution in [0.5, 0.6) is 0 Å². The van der Waals surface area contributed by atoms with Crippen molar-refractivity contribution in [3.63, 3.8) is 0 Å². The van der Waals surface area contributed by atoms with Crippen molar-refractivity contribution in [3.05, 3.63) is 93.1 Å². The first-order valence-corrected chi connectivity index (χ1v) is 7.44. The standard InChI is InChI=1S/C17H13ClS/c18-15-10-8-14(9-11-15)17(16-7-4-12-19-16)13-5-2-1-3-6-13/h1-12,17H. The summed E-state index contributed by atoms with van der Waals surface area (Å²) in [5.41, 5.74) is 2.59. The van der Waals surface area contributed by atoms with E-state index < -0.39 is 0 Å². The molecule has 19 heavy (non-hydrogen) atoms. The second-order valence-electron chi connectivity index (χ2n) is 4.41. The SMILES string of the molecule is Clc1ccc(C(c2ccccc2)c2cccs2)cc1. The Kier molecular flexibility index (Phi) is 3.67. The van der Waals surface area contributed by atoms with Gasteiger partial charge in [0.15, 0.2) is 0 Å². The van der Waals surface area contributed by atoms with Gasteiger partial charge in [-0.15, -0.1) is 11.3 Å². The van der Waals surface area contributed by atoms with E-state index in [-0.39, 0.29) is 0 Å². The van der Waals surface area contributed by atoms with Crippen LogP contribution >= 0.6 is 22.9 Å². The number of hydrogen-bond acceptors (Lipinski definition) is 1. The van der Waals surface area contributed by atoms with E-state index in [4.69, 9.17) is 11.6 Å². The van der Waals surface area contributed by atoms with Crippen LogP contribution in [0.4, 0.5) is 0 Å². The molecule has 1 aromatic heterocycles. The molecule has 0 N–H and O–H groups in total. The number of thiophene rings is 1. The van der Waals surface area contributed by atoms with Crippen molar-refractivity contribution < 1.29 is 0 Å². The summed E-state index contributed by atoms with van der Waals surface area (Å²) in [7, 11) is 0. The smallest absolute Gasteiger partial charge is 0.0433 e. The third-order valence-electron chi connectivity index (χ3n) is 3.16. The topological polar surface area (TPSA) is 0 Å². The largest absolute Gasteiger partial charge is 0.148 e. The Morgan fingerprint density at radius 2 is 1.42 bits per heavy atom. The third-order valence-corrected chi connectivity index (χ3v) is 4.35. The zero-order valence-corrected chi connectivity index (χ0v) is 11.9. The van der Waals surface area contributed by atoms with Gasteiger partial charge in [-0.05, 0) is 34.7 Å². The van der Waals surface area contributed by atoms with Gasteiger partial charge in [0.1, 0.15) is 0 Å². The molecule has 0 radical (unpaired) electrons. The lowest BCUT2D eigenvalue weighted by atomic mass is 9.90. The number of hydrogen-bond donors (Lipinski definition) is 0. The van der Waals surface area contributed by atoms with E-state index in [1.807, 2.05) is 12.1 Å². The maximum atomic E-state index is 5.99. The molecule has 0 nitrogen and oxygen atoms in total. The van der Waals surface area contributed by atoms with Gasteiger partial charge in [-0.3, -0.25) is 0 Å². The maximum Gasteiger partial charge on any atom is 0.0433 e. The van der Waals surface area contributed by atoms with E-state index in [1.54, 1.807) is 11.3 Å². The van der Waals surface area contributed by atoms with E-state index >= 15 is 0 Å².